The summed E-state index contributed by atoms with van der Waals surface area (Å²) in [5.74, 6) is 0.132. The normalized spacial score (nSPS) is 10.6. The Morgan fingerprint density at radius 2 is 1.84 bits per heavy atom. The molecule has 0 aliphatic rings. The third-order valence-corrected chi connectivity index (χ3v) is 5.41. The number of nitro groups is 2. The number of carbonyl (C=O) groups is 1. The number of nitro benzene ring substituents is 2. The van der Waals surface area contributed by atoms with Crippen LogP contribution in [0.1, 0.15) is 6.92 Å². The van der Waals surface area contributed by atoms with Gasteiger partial charge in [-0.3, -0.25) is 25.0 Å². The summed E-state index contributed by atoms with van der Waals surface area (Å²) in [6.07, 6.45) is 0. The van der Waals surface area contributed by atoms with Crippen LogP contribution in [0, 0.1) is 20.2 Å². The van der Waals surface area contributed by atoms with E-state index in [4.69, 9.17) is 11.6 Å². The van der Waals surface area contributed by atoms with Crippen molar-refractivity contribution in [2.75, 3.05) is 11.1 Å². The van der Waals surface area contributed by atoms with Crippen LogP contribution in [0.3, 0.4) is 0 Å². The Kier molecular flexibility index (Phi) is 6.82. The highest BCUT2D eigenvalue weighted by atomic mass is 35.5. The van der Waals surface area contributed by atoms with Crippen LogP contribution < -0.4 is 5.32 Å². The molecule has 1 aromatic heterocycles. The molecule has 0 fully saturated rings. The van der Waals surface area contributed by atoms with Gasteiger partial charge in [-0.1, -0.05) is 23.4 Å². The van der Waals surface area contributed by atoms with E-state index in [-0.39, 0.29) is 33.7 Å². The van der Waals surface area contributed by atoms with E-state index in [1.54, 1.807) is 16.7 Å². The minimum atomic E-state index is -0.629. The van der Waals surface area contributed by atoms with Gasteiger partial charge in [-0.2, -0.15) is 0 Å². The number of carbonyl (C=O) groups excluding carboxylic acids is 1. The molecular weight excluding hydrogens is 448 g/mol. The zero-order chi connectivity index (χ0) is 22.5. The molecule has 0 saturated heterocycles. The first-order valence-electron chi connectivity index (χ1n) is 8.84. The number of nitrogens with zero attached hydrogens (tertiary/aromatic N) is 5. The molecule has 11 nitrogen and oxygen atoms in total. The fourth-order valence-corrected chi connectivity index (χ4v) is 3.67. The molecule has 0 aliphatic carbocycles. The maximum Gasteiger partial charge on any atom is 0.289 e. The first-order chi connectivity index (χ1) is 14.8. The zero-order valence-corrected chi connectivity index (χ0v) is 17.6. The van der Waals surface area contributed by atoms with E-state index < -0.39 is 9.85 Å². The molecule has 0 aliphatic heterocycles. The monoisotopic (exact) mass is 462 g/mol. The lowest BCUT2D eigenvalue weighted by atomic mass is 10.2. The van der Waals surface area contributed by atoms with Gasteiger partial charge in [-0.25, -0.2) is 0 Å². The third kappa shape index (κ3) is 5.16. The Morgan fingerprint density at radius 1 is 1.13 bits per heavy atom. The lowest BCUT2D eigenvalue weighted by Crippen LogP contribution is -2.14. The van der Waals surface area contributed by atoms with Crippen molar-refractivity contribution in [1.82, 2.24) is 14.8 Å². The number of amides is 1. The number of thioether (sulfide) groups is 1. The first kappa shape index (κ1) is 22.2. The largest absolute Gasteiger partial charge is 0.325 e. The van der Waals surface area contributed by atoms with Crippen LogP contribution in [-0.2, 0) is 11.3 Å². The number of benzene rings is 2. The number of hydrogen-bond acceptors (Lipinski definition) is 8. The highest BCUT2D eigenvalue weighted by Gasteiger charge is 2.17. The average Bonchev–Trinajstić information content (AvgIpc) is 3.16. The molecule has 1 N–H and O–H groups in total. The van der Waals surface area contributed by atoms with Crippen LogP contribution in [0.4, 0.5) is 17.1 Å². The number of non-ortho nitro benzene ring substituents is 1. The molecular formula is C18H15ClN6O5S. The number of halogens is 1. The standard InChI is InChI=1S/C18H15ClN6O5S/c1-2-23-17(11-3-6-13(7-4-11)24(27)28)21-22-18(23)31-10-16(26)20-12-5-8-14(19)15(9-12)25(29)30/h3-9H,2,10H2,1H3,(H,20,26). The number of rotatable bonds is 8. The lowest BCUT2D eigenvalue weighted by molar-refractivity contribution is -0.384. The van der Waals surface area contributed by atoms with Crippen molar-refractivity contribution in [2.24, 2.45) is 0 Å². The molecule has 3 rings (SSSR count). The van der Waals surface area contributed by atoms with E-state index in [1.807, 2.05) is 6.92 Å². The van der Waals surface area contributed by atoms with Gasteiger partial charge in [0.25, 0.3) is 11.4 Å². The summed E-state index contributed by atoms with van der Waals surface area (Å²) in [5, 5.41) is 33.1. The van der Waals surface area contributed by atoms with Crippen LogP contribution in [0.25, 0.3) is 11.4 Å². The summed E-state index contributed by atoms with van der Waals surface area (Å²) in [6.45, 7) is 2.40. The zero-order valence-electron chi connectivity index (χ0n) is 16.0. The Labute approximate surface area is 184 Å². The Bertz CT molecular complexity index is 1150. The summed E-state index contributed by atoms with van der Waals surface area (Å²) in [5.41, 5.74) is 0.584. The maximum absolute atomic E-state index is 12.3. The van der Waals surface area contributed by atoms with Crippen molar-refractivity contribution < 1.29 is 14.6 Å². The number of hydrogen-bond donors (Lipinski definition) is 1. The molecule has 0 bridgehead atoms. The molecule has 31 heavy (non-hydrogen) atoms. The molecule has 0 saturated carbocycles. The molecule has 0 radical (unpaired) electrons. The Balaban J connectivity index is 1.69. The van der Waals surface area contributed by atoms with E-state index >= 15 is 0 Å². The van der Waals surface area contributed by atoms with E-state index in [1.165, 1.54) is 30.3 Å². The Morgan fingerprint density at radius 3 is 2.45 bits per heavy atom. The third-order valence-electron chi connectivity index (χ3n) is 4.13. The quantitative estimate of drug-likeness (QED) is 0.298. The number of anilines is 1. The van der Waals surface area contributed by atoms with E-state index in [0.29, 0.717) is 23.1 Å². The van der Waals surface area contributed by atoms with E-state index in [9.17, 15) is 25.0 Å². The molecule has 0 spiro atoms. The number of nitrogens with one attached hydrogen (secondary N) is 1. The van der Waals surface area contributed by atoms with Crippen molar-refractivity contribution in [1.29, 1.82) is 0 Å². The van der Waals surface area contributed by atoms with E-state index in [0.717, 1.165) is 11.8 Å². The summed E-state index contributed by atoms with van der Waals surface area (Å²) in [6, 6.07) is 9.94. The Hall–Kier alpha value is -3.51. The van der Waals surface area contributed by atoms with Crippen LogP contribution in [-0.4, -0.2) is 36.3 Å². The van der Waals surface area contributed by atoms with Gasteiger partial charge >= 0.3 is 0 Å². The van der Waals surface area contributed by atoms with E-state index in [2.05, 4.69) is 15.5 Å². The SMILES string of the molecule is CCn1c(SCC(=O)Nc2ccc(Cl)c([N+](=O)[O-])c2)nnc1-c1ccc([N+](=O)[O-])cc1. The first-order valence-corrected chi connectivity index (χ1v) is 10.2. The smallest absolute Gasteiger partial charge is 0.289 e. The predicted octanol–water partition coefficient (Wildman–Crippen LogP) is 4.17. The highest BCUT2D eigenvalue weighted by Crippen LogP contribution is 2.28. The minimum absolute atomic E-state index is 0.00514. The van der Waals surface area contributed by atoms with Crippen LogP contribution in [0.15, 0.2) is 47.6 Å². The van der Waals surface area contributed by atoms with Gasteiger partial charge < -0.3 is 9.88 Å². The second-order valence-corrected chi connectivity index (χ2v) is 7.46. The summed E-state index contributed by atoms with van der Waals surface area (Å²) in [7, 11) is 0. The fourth-order valence-electron chi connectivity index (χ4n) is 2.68. The van der Waals surface area contributed by atoms with Gasteiger partial charge in [0.05, 0.1) is 15.6 Å². The lowest BCUT2D eigenvalue weighted by Gasteiger charge is -2.08. The van der Waals surface area contributed by atoms with Gasteiger partial charge in [-0.15, -0.1) is 10.2 Å². The fraction of sp³-hybridized carbons (Fsp3) is 0.167. The number of aromatic nitrogens is 3. The van der Waals surface area contributed by atoms with Gasteiger partial charge in [-0.05, 0) is 31.2 Å². The van der Waals surface area contributed by atoms with Gasteiger partial charge in [0, 0.05) is 36.0 Å². The van der Waals surface area contributed by atoms with Crippen molar-refractivity contribution >= 4 is 46.3 Å². The average molecular weight is 463 g/mol. The maximum atomic E-state index is 12.3. The molecule has 1 heterocycles. The van der Waals surface area contributed by atoms with Gasteiger partial charge in [0.1, 0.15) is 5.02 Å². The van der Waals surface area contributed by atoms with Crippen LogP contribution in [0.5, 0.6) is 0 Å². The van der Waals surface area contributed by atoms with Crippen molar-refractivity contribution in [3.8, 4) is 11.4 Å². The molecule has 2 aromatic carbocycles. The molecule has 0 atom stereocenters. The molecule has 1 amide bonds. The van der Waals surface area contributed by atoms with Gasteiger partial charge in [0.15, 0.2) is 11.0 Å². The van der Waals surface area contributed by atoms with Crippen LogP contribution >= 0.6 is 23.4 Å². The molecule has 3 aromatic rings. The highest BCUT2D eigenvalue weighted by molar-refractivity contribution is 7.99. The minimum Gasteiger partial charge on any atom is -0.325 e. The summed E-state index contributed by atoms with van der Waals surface area (Å²) in [4.78, 5) is 32.9. The summed E-state index contributed by atoms with van der Waals surface area (Å²) < 4.78 is 1.78. The second-order valence-electron chi connectivity index (χ2n) is 6.11. The van der Waals surface area contributed by atoms with Crippen LogP contribution in [0.2, 0.25) is 5.02 Å². The van der Waals surface area contributed by atoms with Crippen molar-refractivity contribution in [3.63, 3.8) is 0 Å². The van der Waals surface area contributed by atoms with Crippen molar-refractivity contribution in [3.05, 3.63) is 67.7 Å². The summed E-state index contributed by atoms with van der Waals surface area (Å²) >= 11 is 6.91. The van der Waals surface area contributed by atoms with Crippen molar-refractivity contribution in [2.45, 2.75) is 18.6 Å². The second kappa shape index (κ2) is 9.53. The topological polar surface area (TPSA) is 146 Å². The molecule has 160 valence electrons. The predicted molar refractivity (Wildman–Crippen MR) is 115 cm³/mol. The van der Waals surface area contributed by atoms with Gasteiger partial charge in [0.2, 0.25) is 5.91 Å². The molecule has 0 unspecified atom stereocenters. The molecule has 13 heteroatoms.